The maximum absolute atomic E-state index is 9.62. The van der Waals surface area contributed by atoms with Crippen LogP contribution < -0.4 is 0 Å². The van der Waals surface area contributed by atoms with Gasteiger partial charge in [-0.3, -0.25) is 0 Å². The van der Waals surface area contributed by atoms with Crippen molar-refractivity contribution in [2.75, 3.05) is 14.2 Å². The molecular weight excluding hydrogens is 176 g/mol. The largest absolute Gasteiger partial charge is 0.388 e. The highest BCUT2D eigenvalue weighted by Gasteiger charge is 2.43. The predicted molar refractivity (Wildman–Crippen MR) is 44.2 cm³/mol. The first-order valence-electron chi connectivity index (χ1n) is 4.19. The van der Waals surface area contributed by atoms with Crippen molar-refractivity contribution in [2.45, 2.75) is 37.6 Å². The summed E-state index contributed by atoms with van der Waals surface area (Å²) >= 11 is 0. The van der Waals surface area contributed by atoms with E-state index in [1.165, 1.54) is 14.2 Å². The summed E-state index contributed by atoms with van der Waals surface area (Å²) in [6.07, 6.45) is -3.47. The van der Waals surface area contributed by atoms with Crippen molar-refractivity contribution in [3.8, 4) is 0 Å². The van der Waals surface area contributed by atoms with Gasteiger partial charge >= 0.3 is 0 Å². The summed E-state index contributed by atoms with van der Waals surface area (Å²) in [5.74, 6) is 0. The minimum Gasteiger partial charge on any atom is -0.388 e. The maximum Gasteiger partial charge on any atom is 0.184 e. The molecule has 0 aromatic heterocycles. The number of aliphatic hydroxyl groups excluding tert-OH is 2. The van der Waals surface area contributed by atoms with Crippen molar-refractivity contribution in [1.82, 2.24) is 0 Å². The molecule has 5 nitrogen and oxygen atoms in total. The Morgan fingerprint density at radius 3 is 2.08 bits per heavy atom. The monoisotopic (exact) mass is 192 g/mol. The Morgan fingerprint density at radius 1 is 1.08 bits per heavy atom. The Kier molecular flexibility index (Phi) is 3.63. The molecule has 0 aromatic carbocycles. The number of hydrogen-bond acceptors (Lipinski definition) is 5. The molecule has 1 rings (SSSR count). The highest BCUT2D eigenvalue weighted by molar-refractivity contribution is 4.88. The van der Waals surface area contributed by atoms with E-state index in [1.54, 1.807) is 6.92 Å². The van der Waals surface area contributed by atoms with Gasteiger partial charge < -0.3 is 24.4 Å². The van der Waals surface area contributed by atoms with Gasteiger partial charge in [0, 0.05) is 14.2 Å². The van der Waals surface area contributed by atoms with Crippen LogP contribution in [0.4, 0.5) is 0 Å². The molecule has 5 atom stereocenters. The summed E-state index contributed by atoms with van der Waals surface area (Å²) < 4.78 is 15.0. The van der Waals surface area contributed by atoms with Gasteiger partial charge in [0.25, 0.3) is 0 Å². The van der Waals surface area contributed by atoms with Gasteiger partial charge in [0.2, 0.25) is 0 Å². The van der Waals surface area contributed by atoms with Crippen LogP contribution in [0.2, 0.25) is 0 Å². The Hall–Kier alpha value is -0.200. The molecule has 5 heteroatoms. The lowest BCUT2D eigenvalue weighted by Crippen LogP contribution is -2.57. The van der Waals surface area contributed by atoms with Gasteiger partial charge in [-0.05, 0) is 6.92 Å². The molecule has 78 valence electrons. The lowest BCUT2D eigenvalue weighted by atomic mass is 10.00. The molecule has 0 aromatic rings. The van der Waals surface area contributed by atoms with Crippen LogP contribution in [0.5, 0.6) is 0 Å². The van der Waals surface area contributed by atoms with Crippen LogP contribution in [0.15, 0.2) is 0 Å². The molecule has 13 heavy (non-hydrogen) atoms. The fourth-order valence-electron chi connectivity index (χ4n) is 1.53. The molecule has 0 bridgehead atoms. The van der Waals surface area contributed by atoms with Gasteiger partial charge in [-0.15, -0.1) is 0 Å². The van der Waals surface area contributed by atoms with Crippen molar-refractivity contribution in [2.24, 2.45) is 0 Å². The average molecular weight is 192 g/mol. The molecule has 1 aliphatic rings. The van der Waals surface area contributed by atoms with E-state index in [4.69, 9.17) is 14.2 Å². The molecule has 1 heterocycles. The summed E-state index contributed by atoms with van der Waals surface area (Å²) in [7, 11) is 2.90. The third kappa shape index (κ3) is 2.00. The lowest BCUT2D eigenvalue weighted by Gasteiger charge is -2.40. The van der Waals surface area contributed by atoms with E-state index in [-0.39, 0.29) is 0 Å². The van der Waals surface area contributed by atoms with Gasteiger partial charge in [0.05, 0.1) is 6.10 Å². The molecular formula is C8H16O5. The predicted octanol–water partition coefficient (Wildman–Crippen LogP) is -0.886. The third-order valence-electron chi connectivity index (χ3n) is 2.32. The summed E-state index contributed by atoms with van der Waals surface area (Å²) in [6.45, 7) is 1.67. The topological polar surface area (TPSA) is 68.2 Å². The van der Waals surface area contributed by atoms with Crippen LogP contribution in [-0.4, -0.2) is 55.1 Å². The second-order valence-electron chi connectivity index (χ2n) is 3.12. The zero-order valence-corrected chi connectivity index (χ0v) is 8.01. The molecule has 1 aliphatic heterocycles. The smallest absolute Gasteiger partial charge is 0.184 e. The van der Waals surface area contributed by atoms with Crippen molar-refractivity contribution in [1.29, 1.82) is 0 Å². The first kappa shape index (κ1) is 10.9. The van der Waals surface area contributed by atoms with Crippen LogP contribution >= 0.6 is 0 Å². The highest BCUT2D eigenvalue weighted by atomic mass is 16.7. The van der Waals surface area contributed by atoms with E-state index in [1.807, 2.05) is 0 Å². The van der Waals surface area contributed by atoms with Gasteiger partial charge in [-0.25, -0.2) is 0 Å². The van der Waals surface area contributed by atoms with Gasteiger partial charge in [0.15, 0.2) is 6.29 Å². The molecule has 0 aliphatic carbocycles. The summed E-state index contributed by atoms with van der Waals surface area (Å²) in [5, 5.41) is 19.0. The van der Waals surface area contributed by atoms with Gasteiger partial charge in [0.1, 0.15) is 18.3 Å². The first-order chi connectivity index (χ1) is 6.11. The molecule has 0 spiro atoms. The molecule has 1 saturated heterocycles. The summed E-state index contributed by atoms with van der Waals surface area (Å²) in [6, 6.07) is 0. The van der Waals surface area contributed by atoms with Crippen LogP contribution in [0.3, 0.4) is 0 Å². The van der Waals surface area contributed by atoms with Gasteiger partial charge in [-0.2, -0.15) is 0 Å². The van der Waals surface area contributed by atoms with E-state index in [0.717, 1.165) is 0 Å². The molecule has 0 amide bonds. The Bertz CT molecular complexity index is 163. The van der Waals surface area contributed by atoms with Crippen LogP contribution in [0.25, 0.3) is 0 Å². The number of ether oxygens (including phenoxy) is 3. The first-order valence-corrected chi connectivity index (χ1v) is 4.19. The second-order valence-corrected chi connectivity index (χ2v) is 3.12. The van der Waals surface area contributed by atoms with Crippen LogP contribution in [-0.2, 0) is 14.2 Å². The molecule has 0 saturated carbocycles. The average Bonchev–Trinajstić information content (AvgIpc) is 2.10. The summed E-state index contributed by atoms with van der Waals surface area (Å²) in [4.78, 5) is 0. The van der Waals surface area contributed by atoms with Crippen molar-refractivity contribution in [3.63, 3.8) is 0 Å². The Morgan fingerprint density at radius 2 is 1.62 bits per heavy atom. The SMILES string of the molecule is CO[C@@H]1[C@@H](O)[C@H](C)O[C@@H](O)[C@H]1OC. The highest BCUT2D eigenvalue weighted by Crippen LogP contribution is 2.23. The van der Waals surface area contributed by atoms with Gasteiger partial charge in [-0.1, -0.05) is 0 Å². The number of methoxy groups -OCH3 is 2. The number of rotatable bonds is 2. The summed E-state index contributed by atoms with van der Waals surface area (Å²) in [5.41, 5.74) is 0. The zero-order chi connectivity index (χ0) is 10.0. The van der Waals surface area contributed by atoms with Crippen LogP contribution in [0.1, 0.15) is 6.92 Å². The van der Waals surface area contributed by atoms with Crippen molar-refractivity contribution in [3.05, 3.63) is 0 Å². The number of hydrogen-bond donors (Lipinski definition) is 2. The van der Waals surface area contributed by atoms with E-state index >= 15 is 0 Å². The third-order valence-corrected chi connectivity index (χ3v) is 2.32. The van der Waals surface area contributed by atoms with E-state index in [0.29, 0.717) is 0 Å². The van der Waals surface area contributed by atoms with E-state index in [2.05, 4.69) is 0 Å². The normalized spacial score (nSPS) is 46.4. The zero-order valence-electron chi connectivity index (χ0n) is 8.01. The Balaban J connectivity index is 2.71. The fourth-order valence-corrected chi connectivity index (χ4v) is 1.53. The lowest BCUT2D eigenvalue weighted by molar-refractivity contribution is -0.287. The molecule has 1 fully saturated rings. The molecule has 0 radical (unpaired) electrons. The standard InChI is InChI=1S/C8H16O5/c1-4-5(9)6(11-2)7(12-3)8(10)13-4/h4-10H,1-3H3/t4-,5-,6+,7-,8+/m0/s1. The Labute approximate surface area is 77.2 Å². The maximum atomic E-state index is 9.62. The second kappa shape index (κ2) is 4.34. The quantitative estimate of drug-likeness (QED) is 0.594. The van der Waals surface area contributed by atoms with E-state index in [9.17, 15) is 10.2 Å². The fraction of sp³-hybridized carbons (Fsp3) is 1.00. The minimum atomic E-state index is -1.05. The molecule has 0 unspecified atom stereocenters. The molecule has 2 N–H and O–H groups in total. The van der Waals surface area contributed by atoms with Crippen molar-refractivity contribution < 1.29 is 24.4 Å². The van der Waals surface area contributed by atoms with Crippen molar-refractivity contribution >= 4 is 0 Å². The van der Waals surface area contributed by atoms with Crippen LogP contribution in [0, 0.1) is 0 Å². The number of aliphatic hydroxyl groups is 2. The minimum absolute atomic E-state index is 0.452. The van der Waals surface area contributed by atoms with E-state index < -0.39 is 30.7 Å².